The number of rotatable bonds is 8. The van der Waals surface area contributed by atoms with Crippen molar-refractivity contribution in [3.8, 4) is 0 Å². The fraction of sp³-hybridized carbons (Fsp3) is 0.875. The van der Waals surface area contributed by atoms with Gasteiger partial charge in [-0.2, -0.15) is 0 Å². The normalized spacial score (nSPS) is 29.4. The number of carboxylic acid groups (broad SMARTS) is 1. The lowest BCUT2D eigenvalue weighted by atomic mass is 9.96. The van der Waals surface area contributed by atoms with Crippen molar-refractivity contribution >= 4 is 11.9 Å². The predicted octanol–water partition coefficient (Wildman–Crippen LogP) is 2.82. The first-order valence-corrected chi connectivity index (χ1v) is 8.13. The van der Waals surface area contributed by atoms with Crippen molar-refractivity contribution in [1.82, 2.24) is 5.32 Å². The number of amides is 1. The van der Waals surface area contributed by atoms with E-state index in [4.69, 9.17) is 5.11 Å². The molecule has 0 aromatic rings. The minimum absolute atomic E-state index is 0.235. The smallest absolute Gasteiger partial charge is 0.303 e. The summed E-state index contributed by atoms with van der Waals surface area (Å²) in [5.74, 6) is 1.55. The minimum atomic E-state index is -0.727. The van der Waals surface area contributed by atoms with Crippen LogP contribution in [-0.2, 0) is 9.59 Å². The van der Waals surface area contributed by atoms with E-state index in [0.29, 0.717) is 24.3 Å². The molecular formula is C16H27NO3. The quantitative estimate of drug-likeness (QED) is 0.719. The summed E-state index contributed by atoms with van der Waals surface area (Å²) in [6, 6.07) is 0. The molecular weight excluding hydrogens is 254 g/mol. The summed E-state index contributed by atoms with van der Waals surface area (Å²) >= 11 is 0. The van der Waals surface area contributed by atoms with Gasteiger partial charge >= 0.3 is 5.97 Å². The maximum absolute atomic E-state index is 12.1. The number of aliphatic carboxylic acids is 1. The summed E-state index contributed by atoms with van der Waals surface area (Å²) in [4.78, 5) is 22.7. The van der Waals surface area contributed by atoms with Crippen LogP contribution in [0.3, 0.4) is 0 Å². The monoisotopic (exact) mass is 281 g/mol. The largest absolute Gasteiger partial charge is 0.481 e. The number of fused-ring (bicyclic) bond motifs is 1. The Labute approximate surface area is 121 Å². The Morgan fingerprint density at radius 3 is 2.40 bits per heavy atom. The molecule has 0 aromatic heterocycles. The zero-order valence-corrected chi connectivity index (χ0v) is 12.4. The molecule has 0 saturated heterocycles. The summed E-state index contributed by atoms with van der Waals surface area (Å²) < 4.78 is 0. The first-order valence-electron chi connectivity index (χ1n) is 8.13. The Morgan fingerprint density at radius 1 is 1.20 bits per heavy atom. The van der Waals surface area contributed by atoms with Gasteiger partial charge < -0.3 is 10.4 Å². The molecule has 0 spiro atoms. The van der Waals surface area contributed by atoms with Gasteiger partial charge in [-0.1, -0.05) is 26.2 Å². The van der Waals surface area contributed by atoms with Crippen molar-refractivity contribution in [2.45, 2.75) is 58.3 Å². The molecule has 2 N–H and O–H groups in total. The molecule has 1 amide bonds. The number of carbonyl (C=O) groups is 2. The molecule has 0 heterocycles. The third kappa shape index (κ3) is 3.97. The third-order valence-corrected chi connectivity index (χ3v) is 5.15. The van der Waals surface area contributed by atoms with Gasteiger partial charge in [-0.15, -0.1) is 0 Å². The lowest BCUT2D eigenvalue weighted by molar-refractivity contribution is -0.137. The van der Waals surface area contributed by atoms with Gasteiger partial charge in [0.15, 0.2) is 0 Å². The molecule has 2 aliphatic rings. The predicted molar refractivity (Wildman–Crippen MR) is 77.2 cm³/mol. The number of carboxylic acids is 1. The van der Waals surface area contributed by atoms with Crippen molar-refractivity contribution < 1.29 is 14.7 Å². The molecule has 0 aromatic carbocycles. The van der Waals surface area contributed by atoms with Gasteiger partial charge in [0.25, 0.3) is 0 Å². The minimum Gasteiger partial charge on any atom is -0.481 e. The van der Waals surface area contributed by atoms with Gasteiger partial charge in [-0.3, -0.25) is 9.59 Å². The molecule has 2 saturated carbocycles. The first-order chi connectivity index (χ1) is 9.63. The molecule has 0 radical (unpaired) electrons. The Morgan fingerprint density at radius 2 is 1.85 bits per heavy atom. The lowest BCUT2D eigenvalue weighted by Crippen LogP contribution is -2.28. The zero-order chi connectivity index (χ0) is 14.5. The van der Waals surface area contributed by atoms with Crippen LogP contribution in [0.1, 0.15) is 58.3 Å². The van der Waals surface area contributed by atoms with Gasteiger partial charge in [-0.05, 0) is 43.4 Å². The van der Waals surface area contributed by atoms with E-state index in [1.165, 1.54) is 25.7 Å². The van der Waals surface area contributed by atoms with Crippen molar-refractivity contribution in [1.29, 1.82) is 0 Å². The van der Waals surface area contributed by atoms with Crippen LogP contribution in [0.25, 0.3) is 0 Å². The van der Waals surface area contributed by atoms with Crippen LogP contribution in [0, 0.1) is 23.7 Å². The Balaban J connectivity index is 1.62. The molecule has 2 rings (SSSR count). The molecule has 20 heavy (non-hydrogen) atoms. The first kappa shape index (κ1) is 15.3. The summed E-state index contributed by atoms with van der Waals surface area (Å²) in [6.45, 7) is 2.79. The van der Waals surface area contributed by atoms with E-state index in [9.17, 15) is 9.59 Å². The second kappa shape index (κ2) is 7.09. The highest BCUT2D eigenvalue weighted by atomic mass is 16.4. The maximum atomic E-state index is 12.1. The van der Waals surface area contributed by atoms with Crippen molar-refractivity contribution in [2.24, 2.45) is 23.7 Å². The van der Waals surface area contributed by atoms with Crippen LogP contribution in [-0.4, -0.2) is 23.5 Å². The number of carbonyl (C=O) groups excluding carboxylic acids is 1. The van der Waals surface area contributed by atoms with E-state index < -0.39 is 5.97 Å². The fourth-order valence-electron chi connectivity index (χ4n) is 3.78. The molecule has 0 aliphatic heterocycles. The van der Waals surface area contributed by atoms with Crippen LogP contribution in [0.4, 0.5) is 0 Å². The van der Waals surface area contributed by atoms with Gasteiger partial charge in [0.05, 0.1) is 0 Å². The van der Waals surface area contributed by atoms with E-state index in [-0.39, 0.29) is 18.2 Å². The van der Waals surface area contributed by atoms with Crippen LogP contribution >= 0.6 is 0 Å². The van der Waals surface area contributed by atoms with E-state index >= 15 is 0 Å². The van der Waals surface area contributed by atoms with Gasteiger partial charge in [0.1, 0.15) is 0 Å². The zero-order valence-electron chi connectivity index (χ0n) is 12.4. The van der Waals surface area contributed by atoms with Crippen LogP contribution in [0.5, 0.6) is 0 Å². The Bertz CT molecular complexity index is 344. The summed E-state index contributed by atoms with van der Waals surface area (Å²) in [5, 5.41) is 11.8. The third-order valence-electron chi connectivity index (χ3n) is 5.15. The molecule has 3 atom stereocenters. The summed E-state index contributed by atoms with van der Waals surface area (Å²) in [5.41, 5.74) is 0. The highest BCUT2D eigenvalue weighted by molar-refractivity contribution is 5.82. The maximum Gasteiger partial charge on any atom is 0.303 e. The lowest BCUT2D eigenvalue weighted by Gasteiger charge is -2.14. The van der Waals surface area contributed by atoms with E-state index in [1.807, 2.05) is 0 Å². The Hall–Kier alpha value is -1.06. The topological polar surface area (TPSA) is 66.4 Å². The summed E-state index contributed by atoms with van der Waals surface area (Å²) in [6.07, 6.45) is 7.89. The molecule has 114 valence electrons. The molecule has 2 aliphatic carbocycles. The molecule has 4 nitrogen and oxygen atoms in total. The SMILES string of the molecule is CCC(CCNC(=O)C1C2CCCCC21)CCC(=O)O. The highest BCUT2D eigenvalue weighted by Crippen LogP contribution is 2.55. The standard InChI is InChI=1S/C16H27NO3/c1-2-11(7-8-14(18)19)9-10-17-16(20)15-12-5-3-4-6-13(12)15/h11-13,15H,2-10H2,1H3,(H,17,20)(H,18,19). The highest BCUT2D eigenvalue weighted by Gasteiger charge is 2.54. The molecule has 0 bridgehead atoms. The van der Waals surface area contributed by atoms with Crippen LogP contribution in [0.15, 0.2) is 0 Å². The number of hydrogen-bond acceptors (Lipinski definition) is 2. The van der Waals surface area contributed by atoms with E-state index in [2.05, 4.69) is 12.2 Å². The Kier molecular flexibility index (Phi) is 5.44. The number of nitrogens with one attached hydrogen (secondary N) is 1. The fourth-order valence-corrected chi connectivity index (χ4v) is 3.78. The molecule has 3 unspecified atom stereocenters. The van der Waals surface area contributed by atoms with Crippen molar-refractivity contribution in [3.63, 3.8) is 0 Å². The average Bonchev–Trinajstić information content (AvgIpc) is 3.16. The second-order valence-electron chi connectivity index (χ2n) is 6.42. The number of hydrogen-bond donors (Lipinski definition) is 2. The van der Waals surface area contributed by atoms with Gasteiger partial charge in [0, 0.05) is 18.9 Å². The molecule has 4 heteroatoms. The van der Waals surface area contributed by atoms with Gasteiger partial charge in [0.2, 0.25) is 5.91 Å². The van der Waals surface area contributed by atoms with Gasteiger partial charge in [-0.25, -0.2) is 0 Å². The van der Waals surface area contributed by atoms with Crippen molar-refractivity contribution in [3.05, 3.63) is 0 Å². The van der Waals surface area contributed by atoms with E-state index in [0.717, 1.165) is 19.3 Å². The van der Waals surface area contributed by atoms with Crippen LogP contribution in [0.2, 0.25) is 0 Å². The summed E-state index contributed by atoms with van der Waals surface area (Å²) in [7, 11) is 0. The van der Waals surface area contributed by atoms with Crippen LogP contribution < -0.4 is 5.32 Å². The molecule has 2 fully saturated rings. The second-order valence-corrected chi connectivity index (χ2v) is 6.42. The van der Waals surface area contributed by atoms with E-state index in [1.54, 1.807) is 0 Å². The van der Waals surface area contributed by atoms with Crippen molar-refractivity contribution in [2.75, 3.05) is 6.54 Å². The average molecular weight is 281 g/mol.